The molecule has 0 heterocycles. The molecule has 0 radical (unpaired) electrons. The molecule has 0 aliphatic heterocycles. The Morgan fingerprint density at radius 2 is 2.00 bits per heavy atom. The average Bonchev–Trinajstić information content (AvgIpc) is 2.28. The van der Waals surface area contributed by atoms with Gasteiger partial charge in [0.25, 0.3) is 0 Å². The van der Waals surface area contributed by atoms with Gasteiger partial charge in [-0.2, -0.15) is 13.2 Å². The monoisotopic (exact) mass is 298 g/mol. The number of ether oxygens (including phenoxy) is 2. The van der Waals surface area contributed by atoms with Crippen molar-refractivity contribution >= 4 is 11.6 Å². The number of hydrogen-bond donors (Lipinski definition) is 1. The first kappa shape index (κ1) is 16.1. The molecule has 0 bridgehead atoms. The largest absolute Gasteiger partial charge is 0.490 e. The molecule has 0 aromatic heterocycles. The van der Waals surface area contributed by atoms with Gasteiger partial charge in [-0.3, -0.25) is 0 Å². The highest BCUT2D eigenvalue weighted by molar-refractivity contribution is 6.32. The molecule has 1 atom stereocenters. The van der Waals surface area contributed by atoms with Crippen LogP contribution in [0.1, 0.15) is 18.6 Å². The minimum atomic E-state index is -4.34. The zero-order chi connectivity index (χ0) is 14.5. The Hall–Kier alpha value is -0.980. The lowest BCUT2D eigenvalue weighted by Crippen LogP contribution is -2.19. The Morgan fingerprint density at radius 3 is 2.53 bits per heavy atom. The maximum Gasteiger partial charge on any atom is 0.411 e. The van der Waals surface area contributed by atoms with E-state index in [0.717, 1.165) is 0 Å². The van der Waals surface area contributed by atoms with Gasteiger partial charge in [0, 0.05) is 0 Å². The van der Waals surface area contributed by atoms with Crippen LogP contribution in [-0.2, 0) is 4.74 Å². The summed E-state index contributed by atoms with van der Waals surface area (Å²) in [5.41, 5.74) is 0.630. The molecule has 1 aromatic carbocycles. The molecule has 0 spiro atoms. The summed E-state index contributed by atoms with van der Waals surface area (Å²) in [5.74, 6) is 0.335. The Bertz CT molecular complexity index is 408. The maximum atomic E-state index is 11.8. The Kier molecular flexibility index (Phi) is 5.90. The van der Waals surface area contributed by atoms with E-state index in [1.807, 2.05) is 0 Å². The van der Waals surface area contributed by atoms with Crippen LogP contribution in [0.25, 0.3) is 0 Å². The van der Waals surface area contributed by atoms with Crippen LogP contribution in [0.15, 0.2) is 18.2 Å². The number of hydrogen-bond acceptors (Lipinski definition) is 3. The SMILES string of the molecule is C[C@@H](O)c1ccc(OCCOCC(F)(F)F)c(Cl)c1. The van der Waals surface area contributed by atoms with Crippen LogP contribution in [0.4, 0.5) is 13.2 Å². The van der Waals surface area contributed by atoms with E-state index in [9.17, 15) is 18.3 Å². The van der Waals surface area contributed by atoms with Gasteiger partial charge in [-0.05, 0) is 24.6 Å². The summed E-state index contributed by atoms with van der Waals surface area (Å²) in [5, 5.41) is 9.62. The van der Waals surface area contributed by atoms with Gasteiger partial charge >= 0.3 is 6.18 Å². The van der Waals surface area contributed by atoms with Crippen LogP contribution in [0.5, 0.6) is 5.75 Å². The topological polar surface area (TPSA) is 38.7 Å². The second-order valence-electron chi connectivity index (χ2n) is 3.88. The van der Waals surface area contributed by atoms with Crippen molar-refractivity contribution < 1.29 is 27.8 Å². The van der Waals surface area contributed by atoms with E-state index in [2.05, 4.69) is 4.74 Å². The molecule has 1 aromatic rings. The lowest BCUT2D eigenvalue weighted by atomic mass is 10.1. The molecule has 0 unspecified atom stereocenters. The van der Waals surface area contributed by atoms with Crippen molar-refractivity contribution in [2.75, 3.05) is 19.8 Å². The smallest absolute Gasteiger partial charge is 0.411 e. The van der Waals surface area contributed by atoms with Crippen molar-refractivity contribution in [1.29, 1.82) is 0 Å². The van der Waals surface area contributed by atoms with Crippen LogP contribution in [0.2, 0.25) is 5.02 Å². The van der Waals surface area contributed by atoms with Gasteiger partial charge in [0.15, 0.2) is 0 Å². The molecule has 0 saturated carbocycles. The normalized spacial score (nSPS) is 13.4. The zero-order valence-electron chi connectivity index (χ0n) is 10.2. The Morgan fingerprint density at radius 1 is 1.32 bits per heavy atom. The van der Waals surface area contributed by atoms with Gasteiger partial charge < -0.3 is 14.6 Å². The quantitative estimate of drug-likeness (QED) is 0.819. The van der Waals surface area contributed by atoms with E-state index in [1.165, 1.54) is 6.07 Å². The first-order chi connectivity index (χ1) is 8.79. The number of aliphatic hydroxyl groups excluding tert-OH is 1. The molecule has 3 nitrogen and oxygen atoms in total. The number of aliphatic hydroxyl groups is 1. The minimum Gasteiger partial charge on any atom is -0.490 e. The highest BCUT2D eigenvalue weighted by Gasteiger charge is 2.27. The van der Waals surface area contributed by atoms with Crippen molar-refractivity contribution in [3.8, 4) is 5.75 Å². The van der Waals surface area contributed by atoms with Crippen molar-refractivity contribution in [2.24, 2.45) is 0 Å². The van der Waals surface area contributed by atoms with Crippen LogP contribution in [-0.4, -0.2) is 31.1 Å². The summed E-state index contributed by atoms with van der Waals surface area (Å²) in [7, 11) is 0. The van der Waals surface area contributed by atoms with E-state index >= 15 is 0 Å². The van der Waals surface area contributed by atoms with Gasteiger partial charge in [-0.1, -0.05) is 17.7 Å². The third-order valence-corrected chi connectivity index (χ3v) is 2.48. The van der Waals surface area contributed by atoms with Gasteiger partial charge in [-0.25, -0.2) is 0 Å². The maximum absolute atomic E-state index is 11.8. The standard InChI is InChI=1S/C12H14ClF3O3/c1-8(17)9-2-3-11(10(13)6-9)19-5-4-18-7-12(14,15)16/h2-3,6,8,17H,4-5,7H2,1H3/t8-/m1/s1. The number of alkyl halides is 3. The Labute approximate surface area is 113 Å². The molecule has 0 aliphatic carbocycles. The van der Waals surface area contributed by atoms with E-state index < -0.39 is 18.9 Å². The van der Waals surface area contributed by atoms with Crippen LogP contribution >= 0.6 is 11.6 Å². The molecule has 108 valence electrons. The minimum absolute atomic E-state index is 0.0379. The van der Waals surface area contributed by atoms with Gasteiger partial charge in [0.05, 0.1) is 17.7 Å². The highest BCUT2D eigenvalue weighted by Crippen LogP contribution is 2.27. The first-order valence-electron chi connectivity index (χ1n) is 5.54. The summed E-state index contributed by atoms with van der Waals surface area (Å²) in [6.07, 6.45) is -4.99. The predicted octanol–water partition coefficient (Wildman–Crippen LogP) is 3.35. The fourth-order valence-corrected chi connectivity index (χ4v) is 1.54. The second-order valence-corrected chi connectivity index (χ2v) is 4.29. The summed E-state index contributed by atoms with van der Waals surface area (Å²) in [6, 6.07) is 4.72. The van der Waals surface area contributed by atoms with E-state index in [-0.39, 0.29) is 18.2 Å². The average molecular weight is 299 g/mol. The van der Waals surface area contributed by atoms with Crippen molar-refractivity contribution in [3.63, 3.8) is 0 Å². The third kappa shape index (κ3) is 6.13. The summed E-state index contributed by atoms with van der Waals surface area (Å²) >= 11 is 5.90. The molecule has 1 N–H and O–H groups in total. The lowest BCUT2D eigenvalue weighted by Gasteiger charge is -2.11. The number of rotatable bonds is 6. The molecular formula is C12H14ClF3O3. The zero-order valence-corrected chi connectivity index (χ0v) is 11.0. The van der Waals surface area contributed by atoms with Crippen molar-refractivity contribution in [3.05, 3.63) is 28.8 Å². The molecule has 19 heavy (non-hydrogen) atoms. The Balaban J connectivity index is 2.38. The molecule has 0 amide bonds. The molecule has 0 fully saturated rings. The molecular weight excluding hydrogens is 285 g/mol. The van der Waals surface area contributed by atoms with Gasteiger partial charge in [-0.15, -0.1) is 0 Å². The fraction of sp³-hybridized carbons (Fsp3) is 0.500. The molecule has 1 rings (SSSR count). The number of halogens is 4. The van der Waals surface area contributed by atoms with E-state index in [4.69, 9.17) is 16.3 Å². The summed E-state index contributed by atoms with van der Waals surface area (Å²) < 4.78 is 44.9. The van der Waals surface area contributed by atoms with Crippen LogP contribution in [0, 0.1) is 0 Å². The van der Waals surface area contributed by atoms with E-state index in [0.29, 0.717) is 11.3 Å². The fourth-order valence-electron chi connectivity index (χ4n) is 1.29. The first-order valence-corrected chi connectivity index (χ1v) is 5.92. The van der Waals surface area contributed by atoms with Gasteiger partial charge in [0.1, 0.15) is 19.0 Å². The highest BCUT2D eigenvalue weighted by atomic mass is 35.5. The van der Waals surface area contributed by atoms with Crippen LogP contribution < -0.4 is 4.74 Å². The van der Waals surface area contributed by atoms with Crippen LogP contribution in [0.3, 0.4) is 0 Å². The van der Waals surface area contributed by atoms with Crippen molar-refractivity contribution in [2.45, 2.75) is 19.2 Å². The lowest BCUT2D eigenvalue weighted by molar-refractivity contribution is -0.175. The van der Waals surface area contributed by atoms with E-state index in [1.54, 1.807) is 19.1 Å². The molecule has 0 saturated heterocycles. The summed E-state index contributed by atoms with van der Waals surface area (Å²) in [6.45, 7) is 0.0695. The molecule has 0 aliphatic rings. The third-order valence-electron chi connectivity index (χ3n) is 2.19. The van der Waals surface area contributed by atoms with Crippen molar-refractivity contribution in [1.82, 2.24) is 0 Å². The van der Waals surface area contributed by atoms with Gasteiger partial charge in [0.2, 0.25) is 0 Å². The second kappa shape index (κ2) is 6.98. The number of benzene rings is 1. The summed E-state index contributed by atoms with van der Waals surface area (Å²) in [4.78, 5) is 0. The predicted molar refractivity (Wildman–Crippen MR) is 64.5 cm³/mol. The molecule has 7 heteroatoms.